The molecule has 1 aromatic carbocycles. The van der Waals surface area contributed by atoms with Crippen LogP contribution in [0, 0.1) is 5.82 Å². The largest absolute Gasteiger partial charge is 0.362 e. The molecule has 1 aromatic rings. The van der Waals surface area contributed by atoms with Crippen LogP contribution < -0.4 is 10.6 Å². The molecule has 0 saturated carbocycles. The van der Waals surface area contributed by atoms with Gasteiger partial charge in [-0.2, -0.15) is 0 Å². The number of hydrogen-bond acceptors (Lipinski definition) is 1. The highest BCUT2D eigenvalue weighted by Crippen LogP contribution is 2.19. The Morgan fingerprint density at radius 3 is 2.87 bits per heavy atom. The molecule has 0 radical (unpaired) electrons. The quantitative estimate of drug-likeness (QED) is 0.836. The van der Waals surface area contributed by atoms with Crippen molar-refractivity contribution in [3.8, 4) is 0 Å². The number of benzene rings is 1. The number of nitrogens with one attached hydrogen (secondary N) is 2. The first-order valence-electron chi connectivity index (χ1n) is 4.63. The smallest absolute Gasteiger partial charge is 0.170 e. The highest BCUT2D eigenvalue weighted by molar-refractivity contribution is 9.10. The Hall–Kier alpha value is -0.680. The predicted octanol–water partition coefficient (Wildman–Crippen LogP) is 3.28. The minimum absolute atomic E-state index is 0.284. The fourth-order valence-corrected chi connectivity index (χ4v) is 1.59. The second-order valence-corrected chi connectivity index (χ2v) is 4.27. The van der Waals surface area contributed by atoms with Crippen LogP contribution >= 0.6 is 28.1 Å². The SMILES string of the molecule is CCCNC(=S)Nc1ccc(F)c(Br)c1. The maximum atomic E-state index is 12.9. The molecule has 0 amide bonds. The second kappa shape index (κ2) is 6.02. The summed E-state index contributed by atoms with van der Waals surface area (Å²) < 4.78 is 13.3. The van der Waals surface area contributed by atoms with E-state index in [1.54, 1.807) is 12.1 Å². The Kier molecular flexibility index (Phi) is 4.98. The van der Waals surface area contributed by atoms with Gasteiger partial charge in [0.05, 0.1) is 4.47 Å². The normalized spacial score (nSPS) is 9.80. The van der Waals surface area contributed by atoms with Crippen LogP contribution in [0.1, 0.15) is 13.3 Å². The summed E-state index contributed by atoms with van der Waals surface area (Å²) in [5, 5.41) is 6.55. The molecule has 0 aliphatic rings. The maximum Gasteiger partial charge on any atom is 0.170 e. The van der Waals surface area contributed by atoms with Crippen LogP contribution in [0.5, 0.6) is 0 Å². The van der Waals surface area contributed by atoms with Gasteiger partial charge in [-0.05, 0) is 52.8 Å². The first kappa shape index (κ1) is 12.4. The molecule has 0 saturated heterocycles. The monoisotopic (exact) mass is 290 g/mol. The van der Waals surface area contributed by atoms with Crippen molar-refractivity contribution in [1.82, 2.24) is 5.32 Å². The molecule has 0 spiro atoms. The number of thiocarbonyl (C=S) groups is 1. The zero-order valence-corrected chi connectivity index (χ0v) is 10.7. The first-order valence-corrected chi connectivity index (χ1v) is 5.83. The van der Waals surface area contributed by atoms with E-state index in [4.69, 9.17) is 12.2 Å². The molecule has 0 bridgehead atoms. The second-order valence-electron chi connectivity index (χ2n) is 3.01. The van der Waals surface area contributed by atoms with Gasteiger partial charge >= 0.3 is 0 Å². The van der Waals surface area contributed by atoms with E-state index in [0.29, 0.717) is 9.59 Å². The van der Waals surface area contributed by atoms with Gasteiger partial charge < -0.3 is 10.6 Å². The van der Waals surface area contributed by atoms with Crippen molar-refractivity contribution in [2.24, 2.45) is 0 Å². The van der Waals surface area contributed by atoms with E-state index in [9.17, 15) is 4.39 Å². The van der Waals surface area contributed by atoms with Gasteiger partial charge in [0.2, 0.25) is 0 Å². The van der Waals surface area contributed by atoms with Crippen molar-refractivity contribution >= 4 is 38.9 Å². The highest BCUT2D eigenvalue weighted by atomic mass is 79.9. The molecule has 0 aliphatic heterocycles. The summed E-state index contributed by atoms with van der Waals surface area (Å²) >= 11 is 8.16. The third-order valence-corrected chi connectivity index (χ3v) is 2.57. The van der Waals surface area contributed by atoms with Crippen LogP contribution in [0.3, 0.4) is 0 Å². The third-order valence-electron chi connectivity index (χ3n) is 1.71. The van der Waals surface area contributed by atoms with Gasteiger partial charge in [-0.1, -0.05) is 6.92 Å². The molecule has 5 heteroatoms. The van der Waals surface area contributed by atoms with E-state index in [0.717, 1.165) is 18.7 Å². The van der Waals surface area contributed by atoms with Crippen molar-refractivity contribution in [3.05, 3.63) is 28.5 Å². The summed E-state index contributed by atoms with van der Waals surface area (Å²) in [6.45, 7) is 2.89. The summed E-state index contributed by atoms with van der Waals surface area (Å²) in [4.78, 5) is 0. The van der Waals surface area contributed by atoms with Crippen molar-refractivity contribution in [2.75, 3.05) is 11.9 Å². The average molecular weight is 291 g/mol. The fourth-order valence-electron chi connectivity index (χ4n) is 0.988. The average Bonchev–Trinajstić information content (AvgIpc) is 2.20. The molecule has 1 rings (SSSR count). The van der Waals surface area contributed by atoms with E-state index < -0.39 is 0 Å². The first-order chi connectivity index (χ1) is 7.13. The van der Waals surface area contributed by atoms with Crippen LogP contribution in [0.4, 0.5) is 10.1 Å². The Balaban J connectivity index is 2.57. The minimum Gasteiger partial charge on any atom is -0.362 e. The number of hydrogen-bond donors (Lipinski definition) is 2. The molecule has 0 atom stereocenters. The van der Waals surface area contributed by atoms with Gasteiger partial charge in [-0.25, -0.2) is 4.39 Å². The van der Waals surface area contributed by atoms with E-state index in [1.807, 2.05) is 0 Å². The summed E-state index contributed by atoms with van der Waals surface area (Å²) in [5.41, 5.74) is 0.761. The minimum atomic E-state index is -0.284. The lowest BCUT2D eigenvalue weighted by molar-refractivity contribution is 0.621. The number of anilines is 1. The van der Waals surface area contributed by atoms with Crippen molar-refractivity contribution in [2.45, 2.75) is 13.3 Å². The van der Waals surface area contributed by atoms with Crippen LogP contribution in [-0.2, 0) is 0 Å². The number of rotatable bonds is 3. The fraction of sp³-hybridized carbons (Fsp3) is 0.300. The van der Waals surface area contributed by atoms with Crippen molar-refractivity contribution < 1.29 is 4.39 Å². The topological polar surface area (TPSA) is 24.1 Å². The Labute approximate surface area is 102 Å². The molecular weight excluding hydrogens is 279 g/mol. The van der Waals surface area contributed by atoms with Gasteiger partial charge in [-0.3, -0.25) is 0 Å². The summed E-state index contributed by atoms with van der Waals surface area (Å²) in [6, 6.07) is 4.67. The molecule has 0 heterocycles. The molecule has 0 aromatic heterocycles. The molecule has 0 fully saturated rings. The van der Waals surface area contributed by atoms with E-state index >= 15 is 0 Å². The summed E-state index contributed by atoms with van der Waals surface area (Å²) in [6.07, 6.45) is 1.01. The summed E-state index contributed by atoms with van der Waals surface area (Å²) in [7, 11) is 0. The number of halogens is 2. The van der Waals surface area contributed by atoms with E-state index in [2.05, 4.69) is 33.5 Å². The van der Waals surface area contributed by atoms with Crippen LogP contribution in [-0.4, -0.2) is 11.7 Å². The standard InChI is InChI=1S/C10H12BrFN2S/c1-2-5-13-10(15)14-7-3-4-9(12)8(11)6-7/h3-4,6H,2,5H2,1H3,(H2,13,14,15). The maximum absolute atomic E-state index is 12.9. The molecule has 82 valence electrons. The highest BCUT2D eigenvalue weighted by Gasteiger charge is 2.01. The molecular formula is C10H12BrFN2S. The lowest BCUT2D eigenvalue weighted by Gasteiger charge is -2.09. The van der Waals surface area contributed by atoms with Crippen LogP contribution in [0.25, 0.3) is 0 Å². The van der Waals surface area contributed by atoms with Crippen molar-refractivity contribution in [3.63, 3.8) is 0 Å². The third kappa shape index (κ3) is 4.13. The molecule has 2 N–H and O–H groups in total. The lowest BCUT2D eigenvalue weighted by atomic mass is 10.3. The molecule has 0 unspecified atom stereocenters. The molecule has 15 heavy (non-hydrogen) atoms. The molecule has 0 aliphatic carbocycles. The Morgan fingerprint density at radius 2 is 2.27 bits per heavy atom. The van der Waals surface area contributed by atoms with Gasteiger partial charge in [0.25, 0.3) is 0 Å². The lowest BCUT2D eigenvalue weighted by Crippen LogP contribution is -2.28. The summed E-state index contributed by atoms with van der Waals surface area (Å²) in [5.74, 6) is -0.284. The molecule has 2 nitrogen and oxygen atoms in total. The van der Waals surface area contributed by atoms with Gasteiger partial charge in [-0.15, -0.1) is 0 Å². The van der Waals surface area contributed by atoms with E-state index in [1.165, 1.54) is 6.07 Å². The van der Waals surface area contributed by atoms with Crippen LogP contribution in [0.15, 0.2) is 22.7 Å². The predicted molar refractivity (Wildman–Crippen MR) is 68.6 cm³/mol. The Bertz CT molecular complexity index is 357. The zero-order chi connectivity index (χ0) is 11.3. The van der Waals surface area contributed by atoms with Gasteiger partial charge in [0, 0.05) is 12.2 Å². The zero-order valence-electron chi connectivity index (χ0n) is 8.31. The van der Waals surface area contributed by atoms with Gasteiger partial charge in [0.1, 0.15) is 5.82 Å². The van der Waals surface area contributed by atoms with E-state index in [-0.39, 0.29) is 5.82 Å². The van der Waals surface area contributed by atoms with Gasteiger partial charge in [0.15, 0.2) is 5.11 Å². The van der Waals surface area contributed by atoms with Crippen LogP contribution in [0.2, 0.25) is 0 Å². The van der Waals surface area contributed by atoms with Crippen molar-refractivity contribution in [1.29, 1.82) is 0 Å². The Morgan fingerprint density at radius 1 is 1.53 bits per heavy atom.